The summed E-state index contributed by atoms with van der Waals surface area (Å²) in [6.07, 6.45) is -0.877. The molecule has 132 valence electrons. The predicted octanol–water partition coefficient (Wildman–Crippen LogP) is 5.21. The fourth-order valence-corrected chi connectivity index (χ4v) is 2.57. The van der Waals surface area contributed by atoms with E-state index in [-0.39, 0.29) is 6.42 Å². The molecular weight excluding hydrogens is 352 g/mol. The zero-order chi connectivity index (χ0) is 18.4. The Labute approximate surface area is 156 Å². The summed E-state index contributed by atoms with van der Waals surface area (Å²) in [6.45, 7) is 0. The number of hydrogen-bond acceptors (Lipinski definition) is 3. The van der Waals surface area contributed by atoms with E-state index in [0.717, 1.165) is 5.56 Å². The number of rotatable bonds is 7. The Morgan fingerprint density at radius 3 is 2.23 bits per heavy atom. The molecule has 0 amide bonds. The normalized spacial score (nSPS) is 11.6. The second-order valence-corrected chi connectivity index (χ2v) is 6.06. The van der Waals surface area contributed by atoms with E-state index >= 15 is 0 Å². The highest BCUT2D eigenvalue weighted by atomic mass is 35.5. The van der Waals surface area contributed by atoms with Crippen molar-refractivity contribution in [2.75, 3.05) is 0 Å². The summed E-state index contributed by atoms with van der Waals surface area (Å²) in [6, 6.07) is 23.3. The minimum absolute atomic E-state index is 0.168. The van der Waals surface area contributed by atoms with Crippen molar-refractivity contribution in [2.45, 2.75) is 12.5 Å². The highest BCUT2D eigenvalue weighted by Crippen LogP contribution is 2.27. The van der Waals surface area contributed by atoms with Crippen molar-refractivity contribution in [1.29, 1.82) is 0 Å². The van der Waals surface area contributed by atoms with Crippen LogP contribution in [0.25, 0.3) is 0 Å². The molecule has 0 heterocycles. The van der Waals surface area contributed by atoms with Gasteiger partial charge in [-0.1, -0.05) is 48.0 Å². The molecule has 1 N–H and O–H groups in total. The predicted molar refractivity (Wildman–Crippen MR) is 100 cm³/mol. The largest absolute Gasteiger partial charge is 0.478 e. The quantitative estimate of drug-likeness (QED) is 0.622. The maximum absolute atomic E-state index is 11.7. The number of carboxylic acids is 1. The number of benzene rings is 3. The second-order valence-electron chi connectivity index (χ2n) is 5.63. The molecule has 0 aromatic heterocycles. The van der Waals surface area contributed by atoms with E-state index in [9.17, 15) is 9.90 Å². The Morgan fingerprint density at radius 1 is 0.885 bits per heavy atom. The van der Waals surface area contributed by atoms with Crippen molar-refractivity contribution in [2.24, 2.45) is 0 Å². The molecule has 0 aliphatic heterocycles. The van der Waals surface area contributed by atoms with Crippen LogP contribution >= 0.6 is 11.6 Å². The Bertz CT molecular complexity index is 863. The number of aliphatic carboxylic acids is 1. The Kier molecular flexibility index (Phi) is 5.77. The molecule has 0 saturated carbocycles. The first-order valence-electron chi connectivity index (χ1n) is 8.07. The molecule has 0 radical (unpaired) electrons. The summed E-state index contributed by atoms with van der Waals surface area (Å²) < 4.78 is 11.5. The van der Waals surface area contributed by atoms with Gasteiger partial charge in [-0.05, 0) is 48.0 Å². The molecule has 4 nitrogen and oxygen atoms in total. The summed E-state index contributed by atoms with van der Waals surface area (Å²) in [4.78, 5) is 11.7. The fourth-order valence-electron chi connectivity index (χ4n) is 2.44. The van der Waals surface area contributed by atoms with Gasteiger partial charge >= 0.3 is 5.97 Å². The maximum atomic E-state index is 11.7. The molecule has 0 saturated heterocycles. The number of ether oxygens (including phenoxy) is 2. The SMILES string of the molecule is O=C(O)[C@H](Cc1ccccc1Oc1ccccc1)Oc1ccc(Cl)cc1. The number of halogens is 1. The molecule has 26 heavy (non-hydrogen) atoms. The third-order valence-electron chi connectivity index (χ3n) is 3.72. The highest BCUT2D eigenvalue weighted by molar-refractivity contribution is 6.30. The standard InChI is InChI=1S/C21H17ClO4/c22-16-10-12-18(13-11-16)26-20(21(23)24)14-15-6-4-5-9-19(15)25-17-7-2-1-3-8-17/h1-13,20H,14H2,(H,23,24)/t20-/m0/s1. The second kappa shape index (κ2) is 8.41. The van der Waals surface area contributed by atoms with Gasteiger partial charge in [0.05, 0.1) is 0 Å². The first-order valence-corrected chi connectivity index (χ1v) is 8.45. The van der Waals surface area contributed by atoms with Crippen LogP contribution in [0.1, 0.15) is 5.56 Å². The van der Waals surface area contributed by atoms with E-state index in [4.69, 9.17) is 21.1 Å². The molecule has 1 atom stereocenters. The molecule has 3 rings (SSSR count). The van der Waals surface area contributed by atoms with E-state index in [1.807, 2.05) is 54.6 Å². The number of carbonyl (C=O) groups is 1. The van der Waals surface area contributed by atoms with Crippen molar-refractivity contribution in [3.05, 3.63) is 89.4 Å². The summed E-state index contributed by atoms with van der Waals surface area (Å²) in [5.74, 6) is 0.688. The molecular formula is C21H17ClO4. The van der Waals surface area contributed by atoms with Gasteiger partial charge in [-0.3, -0.25) is 0 Å². The summed E-state index contributed by atoms with van der Waals surface area (Å²) >= 11 is 5.85. The molecule has 0 aliphatic rings. The molecule has 0 aliphatic carbocycles. The van der Waals surface area contributed by atoms with Gasteiger partial charge in [-0.15, -0.1) is 0 Å². The van der Waals surface area contributed by atoms with E-state index in [0.29, 0.717) is 22.3 Å². The minimum atomic E-state index is -1.05. The lowest BCUT2D eigenvalue weighted by molar-refractivity contribution is -0.145. The van der Waals surface area contributed by atoms with Crippen LogP contribution in [-0.4, -0.2) is 17.2 Å². The zero-order valence-corrected chi connectivity index (χ0v) is 14.6. The van der Waals surface area contributed by atoms with E-state index in [2.05, 4.69) is 0 Å². The molecule has 3 aromatic carbocycles. The Morgan fingerprint density at radius 2 is 1.54 bits per heavy atom. The topological polar surface area (TPSA) is 55.8 Å². The van der Waals surface area contributed by atoms with Crippen molar-refractivity contribution in [1.82, 2.24) is 0 Å². The lowest BCUT2D eigenvalue weighted by atomic mass is 10.1. The lowest BCUT2D eigenvalue weighted by Gasteiger charge is -2.17. The van der Waals surface area contributed by atoms with Crippen molar-refractivity contribution in [3.8, 4) is 17.2 Å². The molecule has 0 unspecified atom stereocenters. The van der Waals surface area contributed by atoms with Gasteiger partial charge in [-0.25, -0.2) is 4.79 Å². The molecule has 5 heteroatoms. The fraction of sp³-hybridized carbons (Fsp3) is 0.0952. The van der Waals surface area contributed by atoms with Gasteiger partial charge in [0.25, 0.3) is 0 Å². The van der Waals surface area contributed by atoms with Gasteiger partial charge < -0.3 is 14.6 Å². The first-order chi connectivity index (χ1) is 12.6. The maximum Gasteiger partial charge on any atom is 0.345 e. The summed E-state index contributed by atoms with van der Waals surface area (Å²) in [5.41, 5.74) is 0.748. The molecule has 0 bridgehead atoms. The van der Waals surface area contributed by atoms with Crippen molar-refractivity contribution in [3.63, 3.8) is 0 Å². The van der Waals surface area contributed by atoms with Crippen LogP contribution in [0, 0.1) is 0 Å². The molecule has 3 aromatic rings. The summed E-state index contributed by atoms with van der Waals surface area (Å²) in [5, 5.41) is 10.1. The first kappa shape index (κ1) is 17.8. The van der Waals surface area contributed by atoms with Crippen LogP contribution in [0.5, 0.6) is 17.2 Å². The van der Waals surface area contributed by atoms with Gasteiger partial charge in [0, 0.05) is 11.4 Å². The van der Waals surface area contributed by atoms with Gasteiger partial charge in [0.2, 0.25) is 0 Å². The average molecular weight is 369 g/mol. The number of hydrogen-bond donors (Lipinski definition) is 1. The van der Waals surface area contributed by atoms with Crippen LogP contribution in [0.2, 0.25) is 5.02 Å². The number of para-hydroxylation sites is 2. The number of carboxylic acid groups (broad SMARTS) is 1. The van der Waals surface area contributed by atoms with Gasteiger partial charge in [0.1, 0.15) is 17.2 Å². The monoisotopic (exact) mass is 368 g/mol. The van der Waals surface area contributed by atoms with Gasteiger partial charge in [0.15, 0.2) is 6.10 Å². The van der Waals surface area contributed by atoms with Crippen LogP contribution < -0.4 is 9.47 Å². The van der Waals surface area contributed by atoms with Crippen LogP contribution in [0.3, 0.4) is 0 Å². The highest BCUT2D eigenvalue weighted by Gasteiger charge is 2.22. The summed E-state index contributed by atoms with van der Waals surface area (Å²) in [7, 11) is 0. The van der Waals surface area contributed by atoms with Gasteiger partial charge in [-0.2, -0.15) is 0 Å². The van der Waals surface area contributed by atoms with E-state index < -0.39 is 12.1 Å². The Balaban J connectivity index is 1.79. The van der Waals surface area contributed by atoms with Crippen molar-refractivity contribution >= 4 is 17.6 Å². The zero-order valence-electron chi connectivity index (χ0n) is 13.8. The van der Waals surface area contributed by atoms with Crippen LogP contribution in [0.15, 0.2) is 78.9 Å². The molecule has 0 fully saturated rings. The third kappa shape index (κ3) is 4.77. The molecule has 0 spiro atoms. The smallest absolute Gasteiger partial charge is 0.345 e. The van der Waals surface area contributed by atoms with Crippen LogP contribution in [0.4, 0.5) is 0 Å². The van der Waals surface area contributed by atoms with E-state index in [1.165, 1.54) is 0 Å². The third-order valence-corrected chi connectivity index (χ3v) is 3.97. The van der Waals surface area contributed by atoms with Crippen LogP contribution in [-0.2, 0) is 11.2 Å². The van der Waals surface area contributed by atoms with E-state index in [1.54, 1.807) is 24.3 Å². The Hall–Kier alpha value is -2.98. The lowest BCUT2D eigenvalue weighted by Crippen LogP contribution is -2.29. The van der Waals surface area contributed by atoms with Crippen molar-refractivity contribution < 1.29 is 19.4 Å². The minimum Gasteiger partial charge on any atom is -0.478 e. The average Bonchev–Trinajstić information content (AvgIpc) is 2.65.